The van der Waals surface area contributed by atoms with E-state index in [1.54, 1.807) is 38.1 Å². The second kappa shape index (κ2) is 11.6. The number of piperidine rings is 1. The van der Waals surface area contributed by atoms with Gasteiger partial charge in [-0.15, -0.1) is 0 Å². The van der Waals surface area contributed by atoms with Gasteiger partial charge in [0.2, 0.25) is 17.6 Å². The van der Waals surface area contributed by atoms with Crippen molar-refractivity contribution >= 4 is 29.5 Å². The van der Waals surface area contributed by atoms with E-state index in [0.29, 0.717) is 18.5 Å². The molecule has 0 radical (unpaired) electrons. The molecule has 43 heavy (non-hydrogen) atoms. The molecule has 2 saturated carbocycles. The summed E-state index contributed by atoms with van der Waals surface area (Å²) in [6.07, 6.45) is 1.17. The Labute approximate surface area is 253 Å². The van der Waals surface area contributed by atoms with E-state index in [1.165, 1.54) is 4.90 Å². The lowest BCUT2D eigenvalue weighted by molar-refractivity contribution is -0.145. The molecule has 5 amide bonds. The molecule has 0 spiro atoms. The lowest BCUT2D eigenvalue weighted by atomic mass is 9.85. The zero-order valence-corrected chi connectivity index (χ0v) is 26.3. The van der Waals surface area contributed by atoms with Crippen molar-refractivity contribution in [3.8, 4) is 0 Å². The smallest absolute Gasteiger partial charge is 0.315 e. The molecular formula is C32H47N5O6. The second-order valence-corrected chi connectivity index (χ2v) is 14.8. The molecule has 0 aromatic heterocycles. The van der Waals surface area contributed by atoms with E-state index in [9.17, 15) is 29.1 Å². The van der Waals surface area contributed by atoms with Gasteiger partial charge in [0, 0.05) is 6.54 Å². The number of fused-ring (bicyclic) bond motifs is 1. The van der Waals surface area contributed by atoms with E-state index >= 15 is 0 Å². The first-order valence-corrected chi connectivity index (χ1v) is 15.1. The first-order chi connectivity index (χ1) is 19.9. The molecule has 1 aromatic carbocycles. The summed E-state index contributed by atoms with van der Waals surface area (Å²) >= 11 is 0. The Balaban J connectivity index is 1.52. The number of likely N-dealkylation sites (tertiary alicyclic amines) is 1. The lowest BCUT2D eigenvalue weighted by Gasteiger charge is -2.39. The number of carbonyl (C=O) groups is 5. The Kier molecular flexibility index (Phi) is 8.72. The average Bonchev–Trinajstić information content (AvgIpc) is 3.77. The maximum absolute atomic E-state index is 14.2. The molecule has 11 nitrogen and oxygen atoms in total. The first kappa shape index (κ1) is 32.4. The minimum Gasteiger partial charge on any atom is -0.386 e. The van der Waals surface area contributed by atoms with Crippen LogP contribution in [-0.2, 0) is 19.2 Å². The summed E-state index contributed by atoms with van der Waals surface area (Å²) in [6, 6.07) is 5.46. The first-order valence-electron chi connectivity index (χ1n) is 15.1. The number of hydrogen-bond acceptors (Lipinski definition) is 6. The van der Waals surface area contributed by atoms with E-state index in [4.69, 9.17) is 5.73 Å². The summed E-state index contributed by atoms with van der Waals surface area (Å²) in [5, 5.41) is 19.3. The number of Topliss-reactive ketones (excluding diaryl/α,β-unsaturated/α-hetero) is 1. The van der Waals surface area contributed by atoms with Crippen molar-refractivity contribution in [2.45, 2.75) is 97.5 Å². The molecule has 4 unspecified atom stereocenters. The van der Waals surface area contributed by atoms with Gasteiger partial charge in [0.25, 0.3) is 5.91 Å². The normalized spacial score (nSPS) is 24.7. The molecule has 236 valence electrons. The maximum Gasteiger partial charge on any atom is 0.315 e. The highest BCUT2D eigenvalue weighted by molar-refractivity contribution is 6.37. The van der Waals surface area contributed by atoms with Crippen molar-refractivity contribution in [2.24, 2.45) is 34.3 Å². The third-order valence-electron chi connectivity index (χ3n) is 9.52. The Morgan fingerprint density at radius 3 is 2.16 bits per heavy atom. The Morgan fingerprint density at radius 1 is 1.02 bits per heavy atom. The van der Waals surface area contributed by atoms with Crippen molar-refractivity contribution in [1.82, 2.24) is 20.9 Å². The van der Waals surface area contributed by atoms with E-state index in [0.717, 1.165) is 12.8 Å². The number of ketones is 1. The van der Waals surface area contributed by atoms with Crippen LogP contribution in [0.3, 0.4) is 0 Å². The summed E-state index contributed by atoms with van der Waals surface area (Å²) in [4.78, 5) is 67.0. The fourth-order valence-corrected chi connectivity index (χ4v) is 6.56. The number of nitrogens with zero attached hydrogens (tertiary/aromatic N) is 1. The fraction of sp³-hybridized carbons (Fsp3) is 0.656. The fourth-order valence-electron chi connectivity index (χ4n) is 6.56. The van der Waals surface area contributed by atoms with Gasteiger partial charge in [0.05, 0.1) is 11.6 Å². The SMILES string of the molecule is CC(C)(NC(=O)N[C@H](C(=O)N1CC2C([C@H]1C(=O)NC(CC1CC1)C(=O)C(N)=O)C2(C)C)C(C)(C)C)C(O)c1ccccc1. The highest BCUT2D eigenvalue weighted by Gasteiger charge is 2.70. The molecule has 1 aromatic rings. The van der Waals surface area contributed by atoms with E-state index in [1.807, 2.05) is 40.7 Å². The molecule has 4 rings (SSSR count). The van der Waals surface area contributed by atoms with Gasteiger partial charge in [-0.25, -0.2) is 4.79 Å². The minimum absolute atomic E-state index is 0.0790. The highest BCUT2D eigenvalue weighted by Crippen LogP contribution is 2.65. The molecule has 3 fully saturated rings. The van der Waals surface area contributed by atoms with Crippen LogP contribution in [0.5, 0.6) is 0 Å². The largest absolute Gasteiger partial charge is 0.386 e. The highest BCUT2D eigenvalue weighted by atomic mass is 16.3. The van der Waals surface area contributed by atoms with E-state index in [-0.39, 0.29) is 23.2 Å². The van der Waals surface area contributed by atoms with Crippen molar-refractivity contribution in [1.29, 1.82) is 0 Å². The lowest BCUT2D eigenvalue weighted by Crippen LogP contribution is -2.62. The van der Waals surface area contributed by atoms with Crippen LogP contribution in [0.15, 0.2) is 30.3 Å². The number of nitrogens with two attached hydrogens (primary N) is 1. The van der Waals surface area contributed by atoms with Crippen molar-refractivity contribution in [3.05, 3.63) is 35.9 Å². The van der Waals surface area contributed by atoms with Gasteiger partial charge < -0.3 is 31.7 Å². The quantitative estimate of drug-likeness (QED) is 0.244. The van der Waals surface area contributed by atoms with Gasteiger partial charge in [-0.2, -0.15) is 0 Å². The van der Waals surface area contributed by atoms with Gasteiger partial charge >= 0.3 is 6.03 Å². The zero-order chi connectivity index (χ0) is 32.1. The minimum atomic E-state index is -1.10. The number of carbonyl (C=O) groups excluding carboxylic acids is 5. The van der Waals surface area contributed by atoms with Crippen LogP contribution >= 0.6 is 0 Å². The van der Waals surface area contributed by atoms with Crippen LogP contribution in [0.4, 0.5) is 4.79 Å². The number of nitrogens with one attached hydrogen (secondary N) is 3. The average molecular weight is 598 g/mol. The zero-order valence-electron chi connectivity index (χ0n) is 26.3. The van der Waals surface area contributed by atoms with Crippen LogP contribution in [0, 0.1) is 28.6 Å². The monoisotopic (exact) mass is 597 g/mol. The number of rotatable bonds is 11. The number of urea groups is 1. The van der Waals surface area contributed by atoms with Crippen molar-refractivity contribution in [3.63, 3.8) is 0 Å². The summed E-state index contributed by atoms with van der Waals surface area (Å²) in [5.41, 5.74) is 3.94. The summed E-state index contributed by atoms with van der Waals surface area (Å²) in [5.74, 6) is -2.64. The third kappa shape index (κ3) is 6.87. The van der Waals surface area contributed by atoms with Gasteiger partial charge in [-0.1, -0.05) is 77.8 Å². The molecule has 1 saturated heterocycles. The van der Waals surface area contributed by atoms with Crippen LogP contribution in [0.25, 0.3) is 0 Å². The van der Waals surface area contributed by atoms with Crippen LogP contribution in [-0.4, -0.2) is 69.8 Å². The molecule has 2 aliphatic carbocycles. The number of hydrogen-bond donors (Lipinski definition) is 5. The van der Waals surface area contributed by atoms with Crippen molar-refractivity contribution < 1.29 is 29.1 Å². The summed E-state index contributed by atoms with van der Waals surface area (Å²) in [7, 11) is 0. The van der Waals surface area contributed by atoms with Gasteiger partial charge in [0.15, 0.2) is 0 Å². The Hall–Kier alpha value is -3.47. The third-order valence-corrected chi connectivity index (χ3v) is 9.52. The molecular weight excluding hydrogens is 550 g/mol. The molecule has 6 atom stereocenters. The Morgan fingerprint density at radius 2 is 1.63 bits per heavy atom. The van der Waals surface area contributed by atoms with Crippen LogP contribution < -0.4 is 21.7 Å². The molecule has 1 heterocycles. The number of amides is 5. The van der Waals surface area contributed by atoms with E-state index in [2.05, 4.69) is 16.0 Å². The molecule has 11 heteroatoms. The van der Waals surface area contributed by atoms with Gasteiger partial charge in [-0.3, -0.25) is 19.2 Å². The number of aliphatic hydroxyl groups excluding tert-OH is 1. The molecule has 1 aliphatic heterocycles. The Bertz CT molecular complexity index is 1270. The van der Waals surface area contributed by atoms with Gasteiger partial charge in [0.1, 0.15) is 18.2 Å². The maximum atomic E-state index is 14.2. The molecule has 3 aliphatic rings. The van der Waals surface area contributed by atoms with Crippen LogP contribution in [0.1, 0.15) is 79.4 Å². The standard InChI is InChI=1S/C32H47N5O6/c1-30(2,3)24(35-29(43)36-32(6,7)25(39)18-11-9-8-10-12-18)28(42)37-16-19-21(31(19,4)5)22(37)27(41)34-20(15-17-13-14-17)23(38)26(33)40/h8-12,17,19-22,24-25,39H,13-16H2,1-7H3,(H2,33,40)(H,34,41)(H2,35,36,43)/t19?,20?,21?,22-,24+,25?/m0/s1. The van der Waals surface area contributed by atoms with E-state index < -0.39 is 64.7 Å². The predicted octanol–water partition coefficient (Wildman–Crippen LogP) is 2.03. The predicted molar refractivity (Wildman–Crippen MR) is 160 cm³/mol. The number of aliphatic hydroxyl groups is 1. The van der Waals surface area contributed by atoms with Crippen LogP contribution in [0.2, 0.25) is 0 Å². The number of benzene rings is 1. The summed E-state index contributed by atoms with van der Waals surface area (Å²) in [6.45, 7) is 13.3. The summed E-state index contributed by atoms with van der Waals surface area (Å²) < 4.78 is 0. The second-order valence-electron chi connectivity index (χ2n) is 14.8. The molecule has 0 bridgehead atoms. The number of primary amides is 1. The van der Waals surface area contributed by atoms with Gasteiger partial charge in [-0.05, 0) is 54.4 Å². The molecule has 6 N–H and O–H groups in total. The topological polar surface area (TPSA) is 171 Å². The van der Waals surface area contributed by atoms with Crippen molar-refractivity contribution in [2.75, 3.05) is 6.54 Å².